The van der Waals surface area contributed by atoms with Crippen LogP contribution in [0.2, 0.25) is 0 Å². The number of hydrogen-bond donors (Lipinski definition) is 3. The third-order valence-electron chi connectivity index (χ3n) is 3.78. The Labute approximate surface area is 180 Å². The van der Waals surface area contributed by atoms with Gasteiger partial charge < -0.3 is 30.2 Å². The fourth-order valence-electron chi connectivity index (χ4n) is 2.37. The summed E-state index contributed by atoms with van der Waals surface area (Å²) in [6, 6.07) is 7.83. The van der Waals surface area contributed by atoms with Gasteiger partial charge in [0.15, 0.2) is 5.96 Å². The van der Waals surface area contributed by atoms with Crippen LogP contribution in [-0.2, 0) is 16.0 Å². The maximum atomic E-state index is 12.0. The Bertz CT molecular complexity index is 667. The van der Waals surface area contributed by atoms with Gasteiger partial charge in [0.05, 0.1) is 18.7 Å². The molecule has 0 heterocycles. The van der Waals surface area contributed by atoms with E-state index in [2.05, 4.69) is 20.9 Å². The van der Waals surface area contributed by atoms with Crippen LogP contribution >= 0.6 is 0 Å². The van der Waals surface area contributed by atoms with Crippen LogP contribution in [0.15, 0.2) is 29.3 Å². The van der Waals surface area contributed by atoms with Gasteiger partial charge in [-0.05, 0) is 59.2 Å². The summed E-state index contributed by atoms with van der Waals surface area (Å²) in [5, 5.41) is 9.38. The van der Waals surface area contributed by atoms with Crippen LogP contribution in [0.1, 0.15) is 47.1 Å². The molecule has 8 nitrogen and oxygen atoms in total. The SMILES string of the molecule is CCNC(=NCc1ccc(OCCOC)cc1)NCC(C)(C)NC(=O)OC(C)(C)C. The molecule has 0 aliphatic carbocycles. The summed E-state index contributed by atoms with van der Waals surface area (Å²) in [6.07, 6.45) is -0.441. The number of guanidine groups is 1. The van der Waals surface area contributed by atoms with Crippen molar-refractivity contribution in [3.8, 4) is 5.75 Å². The van der Waals surface area contributed by atoms with E-state index in [1.165, 1.54) is 0 Å². The molecule has 0 fully saturated rings. The number of benzene rings is 1. The van der Waals surface area contributed by atoms with E-state index in [1.54, 1.807) is 7.11 Å². The van der Waals surface area contributed by atoms with Crippen molar-refractivity contribution in [2.45, 2.75) is 59.2 Å². The molecule has 3 N–H and O–H groups in total. The maximum Gasteiger partial charge on any atom is 0.408 e. The van der Waals surface area contributed by atoms with Gasteiger partial charge in [-0.25, -0.2) is 9.79 Å². The number of alkyl carbamates (subject to hydrolysis) is 1. The average Bonchev–Trinajstić information content (AvgIpc) is 2.63. The first-order valence-electron chi connectivity index (χ1n) is 10.3. The Morgan fingerprint density at radius 3 is 2.27 bits per heavy atom. The largest absolute Gasteiger partial charge is 0.491 e. The predicted octanol–water partition coefficient (Wildman–Crippen LogP) is 3.07. The molecule has 30 heavy (non-hydrogen) atoms. The highest BCUT2D eigenvalue weighted by molar-refractivity contribution is 5.80. The van der Waals surface area contributed by atoms with Gasteiger partial charge in [-0.2, -0.15) is 0 Å². The lowest BCUT2D eigenvalue weighted by Crippen LogP contribution is -2.54. The number of nitrogens with zero attached hydrogens (tertiary/aromatic N) is 1. The number of carbonyl (C=O) groups excluding carboxylic acids is 1. The van der Waals surface area contributed by atoms with E-state index < -0.39 is 17.2 Å². The Balaban J connectivity index is 2.60. The lowest BCUT2D eigenvalue weighted by atomic mass is 10.1. The molecule has 0 unspecified atom stereocenters. The number of nitrogens with one attached hydrogen (secondary N) is 3. The zero-order valence-electron chi connectivity index (χ0n) is 19.4. The van der Waals surface area contributed by atoms with Crippen LogP contribution in [0.3, 0.4) is 0 Å². The van der Waals surface area contributed by atoms with Gasteiger partial charge in [0.2, 0.25) is 0 Å². The van der Waals surface area contributed by atoms with Crippen molar-refractivity contribution in [2.75, 3.05) is 33.4 Å². The van der Waals surface area contributed by atoms with Gasteiger partial charge in [-0.15, -0.1) is 0 Å². The van der Waals surface area contributed by atoms with Crippen LogP contribution in [0.5, 0.6) is 5.75 Å². The molecule has 0 saturated carbocycles. The topological polar surface area (TPSA) is 93.2 Å². The van der Waals surface area contributed by atoms with E-state index in [9.17, 15) is 4.79 Å². The minimum Gasteiger partial charge on any atom is -0.491 e. The number of rotatable bonds is 10. The molecule has 0 spiro atoms. The molecule has 0 aliphatic heterocycles. The van der Waals surface area contributed by atoms with Crippen molar-refractivity contribution >= 4 is 12.1 Å². The summed E-state index contributed by atoms with van der Waals surface area (Å²) >= 11 is 0. The van der Waals surface area contributed by atoms with E-state index in [-0.39, 0.29) is 0 Å². The minimum absolute atomic E-state index is 0.441. The van der Waals surface area contributed by atoms with Gasteiger partial charge in [0, 0.05) is 20.2 Å². The molecule has 1 amide bonds. The molecule has 0 atom stereocenters. The highest BCUT2D eigenvalue weighted by atomic mass is 16.6. The first-order chi connectivity index (χ1) is 14.0. The number of carbonyl (C=O) groups is 1. The summed E-state index contributed by atoms with van der Waals surface area (Å²) in [4.78, 5) is 16.7. The van der Waals surface area contributed by atoms with Crippen LogP contribution in [-0.4, -0.2) is 56.6 Å². The monoisotopic (exact) mass is 422 g/mol. The van der Waals surface area contributed by atoms with E-state index in [4.69, 9.17) is 14.2 Å². The van der Waals surface area contributed by atoms with Gasteiger partial charge >= 0.3 is 6.09 Å². The van der Waals surface area contributed by atoms with Crippen LogP contribution in [0, 0.1) is 0 Å². The Kier molecular flexibility index (Phi) is 10.5. The second kappa shape index (κ2) is 12.3. The lowest BCUT2D eigenvalue weighted by molar-refractivity contribution is 0.0474. The maximum absolute atomic E-state index is 12.0. The second-order valence-electron chi connectivity index (χ2n) is 8.54. The van der Waals surface area contributed by atoms with Crippen molar-refractivity contribution in [2.24, 2.45) is 4.99 Å². The first-order valence-corrected chi connectivity index (χ1v) is 10.3. The molecule has 170 valence electrons. The minimum atomic E-state index is -0.533. The number of amides is 1. The lowest BCUT2D eigenvalue weighted by Gasteiger charge is -2.29. The quantitative estimate of drug-likeness (QED) is 0.305. The van der Waals surface area contributed by atoms with Crippen molar-refractivity contribution in [3.05, 3.63) is 29.8 Å². The fourth-order valence-corrected chi connectivity index (χ4v) is 2.37. The Morgan fingerprint density at radius 1 is 1.03 bits per heavy atom. The molecular weight excluding hydrogens is 384 g/mol. The summed E-state index contributed by atoms with van der Waals surface area (Å²) in [7, 11) is 1.65. The Morgan fingerprint density at radius 2 is 1.70 bits per heavy atom. The second-order valence-corrected chi connectivity index (χ2v) is 8.54. The summed E-state index contributed by atoms with van der Waals surface area (Å²) in [5.41, 5.74) is 0.0195. The predicted molar refractivity (Wildman–Crippen MR) is 120 cm³/mol. The molecule has 0 bridgehead atoms. The average molecular weight is 423 g/mol. The number of ether oxygens (including phenoxy) is 3. The smallest absolute Gasteiger partial charge is 0.408 e. The highest BCUT2D eigenvalue weighted by Gasteiger charge is 2.24. The molecular formula is C22H38N4O4. The normalized spacial score (nSPS) is 12.3. The molecule has 0 saturated heterocycles. The Hall–Kier alpha value is -2.48. The highest BCUT2D eigenvalue weighted by Crippen LogP contribution is 2.13. The van der Waals surface area contributed by atoms with Crippen LogP contribution < -0.4 is 20.7 Å². The molecule has 0 radical (unpaired) electrons. The molecule has 1 aromatic carbocycles. The van der Waals surface area contributed by atoms with Crippen molar-refractivity contribution in [1.29, 1.82) is 0 Å². The molecule has 0 aliphatic rings. The third-order valence-corrected chi connectivity index (χ3v) is 3.78. The molecule has 1 rings (SSSR count). The summed E-state index contributed by atoms with van der Waals surface area (Å²) < 4.78 is 15.9. The zero-order valence-corrected chi connectivity index (χ0v) is 19.4. The van der Waals surface area contributed by atoms with Crippen molar-refractivity contribution < 1.29 is 19.0 Å². The van der Waals surface area contributed by atoms with Gasteiger partial charge in [0.25, 0.3) is 0 Å². The van der Waals surface area contributed by atoms with E-state index in [1.807, 2.05) is 65.8 Å². The molecule has 8 heteroatoms. The number of methoxy groups -OCH3 is 1. The van der Waals surface area contributed by atoms with Crippen molar-refractivity contribution in [1.82, 2.24) is 16.0 Å². The third kappa shape index (κ3) is 11.5. The van der Waals surface area contributed by atoms with Crippen LogP contribution in [0.4, 0.5) is 4.79 Å². The van der Waals surface area contributed by atoms with Crippen molar-refractivity contribution in [3.63, 3.8) is 0 Å². The number of aliphatic imine (C=N–C) groups is 1. The van der Waals surface area contributed by atoms with E-state index in [0.29, 0.717) is 32.3 Å². The number of hydrogen-bond acceptors (Lipinski definition) is 5. The standard InChI is InChI=1S/C22H38N4O4/c1-8-23-19(25-16-22(5,6)26-20(27)30-21(2,3)4)24-15-17-9-11-18(12-10-17)29-14-13-28-7/h9-12H,8,13-16H2,1-7H3,(H,26,27)(H2,23,24,25). The van der Waals surface area contributed by atoms with Gasteiger partial charge in [-0.3, -0.25) is 0 Å². The fraction of sp³-hybridized carbons (Fsp3) is 0.636. The van der Waals surface area contributed by atoms with E-state index >= 15 is 0 Å². The van der Waals surface area contributed by atoms with Gasteiger partial charge in [-0.1, -0.05) is 12.1 Å². The van der Waals surface area contributed by atoms with E-state index in [0.717, 1.165) is 17.9 Å². The summed E-state index contributed by atoms with van der Waals surface area (Å²) in [5.74, 6) is 1.48. The zero-order chi connectivity index (χ0) is 22.6. The summed E-state index contributed by atoms with van der Waals surface area (Å²) in [6.45, 7) is 14.2. The van der Waals surface area contributed by atoms with Gasteiger partial charge in [0.1, 0.15) is 18.0 Å². The molecule has 1 aromatic rings. The first kappa shape index (κ1) is 25.6. The van der Waals surface area contributed by atoms with Crippen LogP contribution in [0.25, 0.3) is 0 Å². The molecule has 0 aromatic heterocycles.